The van der Waals surface area contributed by atoms with Crippen LogP contribution in [0.2, 0.25) is 0 Å². The molecular weight excluding hydrogens is 210 g/mol. The van der Waals surface area contributed by atoms with Gasteiger partial charge in [-0.2, -0.15) is 0 Å². The van der Waals surface area contributed by atoms with E-state index in [4.69, 9.17) is 0 Å². The van der Waals surface area contributed by atoms with Crippen LogP contribution in [0.3, 0.4) is 0 Å². The van der Waals surface area contributed by atoms with Crippen LogP contribution < -0.4 is 0 Å². The zero-order chi connectivity index (χ0) is 11.4. The molecule has 15 heavy (non-hydrogen) atoms. The Labute approximate surface area is 93.3 Å². The Bertz CT molecular complexity index is 413. The van der Waals surface area contributed by atoms with Crippen LogP contribution in [0.5, 0.6) is 0 Å². The minimum Gasteiger partial charge on any atom is -0.259 e. The Kier molecular flexibility index (Phi) is 3.91. The van der Waals surface area contributed by atoms with Gasteiger partial charge in [0.25, 0.3) is 0 Å². The van der Waals surface area contributed by atoms with E-state index in [-0.39, 0.29) is 10.6 Å². The van der Waals surface area contributed by atoms with E-state index in [1.807, 2.05) is 32.0 Å². The Morgan fingerprint density at radius 2 is 2.13 bits per heavy atom. The molecule has 0 saturated carbocycles. The molecule has 0 spiro atoms. The van der Waals surface area contributed by atoms with E-state index in [9.17, 15) is 10.1 Å². The lowest BCUT2D eigenvalue weighted by Gasteiger charge is -2.04. The predicted molar refractivity (Wildman–Crippen MR) is 62.5 cm³/mol. The number of thioether (sulfide) groups is 1. The maximum atomic E-state index is 10.4. The minimum absolute atomic E-state index is 0.168. The fourth-order valence-corrected chi connectivity index (χ4v) is 1.92. The average molecular weight is 223 g/mol. The van der Waals surface area contributed by atoms with Gasteiger partial charge in [-0.05, 0) is 31.0 Å². The molecule has 0 aromatic heterocycles. The van der Waals surface area contributed by atoms with Gasteiger partial charge < -0.3 is 0 Å². The minimum atomic E-state index is -0.377. The summed E-state index contributed by atoms with van der Waals surface area (Å²) in [6.45, 7) is 5.55. The van der Waals surface area contributed by atoms with Gasteiger partial charge >= 0.3 is 0 Å². The monoisotopic (exact) mass is 223 g/mol. The molecule has 3 nitrogen and oxygen atoms in total. The van der Waals surface area contributed by atoms with Crippen LogP contribution in [-0.4, -0.2) is 4.92 Å². The highest BCUT2D eigenvalue weighted by Gasteiger charge is 2.04. The van der Waals surface area contributed by atoms with Gasteiger partial charge in [-0.25, -0.2) is 0 Å². The second-order valence-electron chi connectivity index (χ2n) is 3.33. The first kappa shape index (κ1) is 11.8. The van der Waals surface area contributed by atoms with Crippen molar-refractivity contribution in [3.8, 4) is 0 Å². The van der Waals surface area contributed by atoms with Crippen molar-refractivity contribution in [2.45, 2.75) is 25.7 Å². The number of hydrogen-bond donors (Lipinski definition) is 0. The van der Waals surface area contributed by atoms with E-state index in [1.165, 1.54) is 29.8 Å². The molecule has 0 unspecified atom stereocenters. The third-order valence-electron chi connectivity index (χ3n) is 2.20. The molecule has 0 atom stereocenters. The van der Waals surface area contributed by atoms with Crippen molar-refractivity contribution in [2.75, 3.05) is 0 Å². The number of nitrogens with zero attached hydrogens (tertiary/aromatic N) is 1. The third kappa shape index (κ3) is 3.09. The van der Waals surface area contributed by atoms with Crippen molar-refractivity contribution in [1.82, 2.24) is 0 Å². The van der Waals surface area contributed by atoms with Crippen LogP contribution in [0, 0.1) is 24.0 Å². The molecule has 0 aliphatic carbocycles. The Hall–Kier alpha value is -1.29. The number of aryl methyl sites for hydroxylation is 1. The molecule has 4 heteroatoms. The molecule has 0 N–H and O–H groups in total. The molecule has 0 saturated heterocycles. The molecule has 0 radical (unpaired) electrons. The van der Waals surface area contributed by atoms with Crippen molar-refractivity contribution in [3.63, 3.8) is 0 Å². The predicted octanol–water partition coefficient (Wildman–Crippen LogP) is 3.53. The van der Waals surface area contributed by atoms with Gasteiger partial charge in [0, 0.05) is 17.2 Å². The topological polar surface area (TPSA) is 43.1 Å². The fourth-order valence-electron chi connectivity index (χ4n) is 1.04. The molecule has 1 aromatic rings. The van der Waals surface area contributed by atoms with Gasteiger partial charge in [-0.1, -0.05) is 23.9 Å². The van der Waals surface area contributed by atoms with Gasteiger partial charge in [0.1, 0.15) is 0 Å². The van der Waals surface area contributed by atoms with E-state index < -0.39 is 0 Å². The van der Waals surface area contributed by atoms with Crippen molar-refractivity contribution in [2.24, 2.45) is 0 Å². The van der Waals surface area contributed by atoms with Gasteiger partial charge in [0.2, 0.25) is 5.70 Å². The normalized spacial score (nSPS) is 11.5. The highest BCUT2D eigenvalue weighted by Crippen LogP contribution is 2.26. The standard InChI is InChI=1S/C11H13NO2S/c1-8-5-4-6-11(10(8)3)15-7-9(2)12(13)14/h4-7H,1-3H3. The lowest BCUT2D eigenvalue weighted by atomic mass is 10.1. The zero-order valence-electron chi connectivity index (χ0n) is 8.98. The fraction of sp³-hybridized carbons (Fsp3) is 0.273. The quantitative estimate of drug-likeness (QED) is 0.447. The summed E-state index contributed by atoms with van der Waals surface area (Å²) in [5.74, 6) is 0. The summed E-state index contributed by atoms with van der Waals surface area (Å²) in [5, 5.41) is 12.0. The first-order valence-electron chi connectivity index (χ1n) is 4.56. The number of hydrogen-bond acceptors (Lipinski definition) is 3. The number of allylic oxidation sites excluding steroid dienone is 1. The number of benzene rings is 1. The van der Waals surface area contributed by atoms with Crippen LogP contribution in [0.15, 0.2) is 34.2 Å². The van der Waals surface area contributed by atoms with Crippen LogP contribution in [0.25, 0.3) is 0 Å². The summed E-state index contributed by atoms with van der Waals surface area (Å²) in [4.78, 5) is 11.1. The summed E-state index contributed by atoms with van der Waals surface area (Å²) in [6.07, 6.45) is 0. The average Bonchev–Trinajstić information content (AvgIpc) is 2.19. The van der Waals surface area contributed by atoms with E-state index in [2.05, 4.69) is 0 Å². The van der Waals surface area contributed by atoms with Crippen LogP contribution in [-0.2, 0) is 0 Å². The Morgan fingerprint density at radius 3 is 2.73 bits per heavy atom. The van der Waals surface area contributed by atoms with Crippen molar-refractivity contribution in [1.29, 1.82) is 0 Å². The first-order valence-corrected chi connectivity index (χ1v) is 5.44. The molecule has 0 amide bonds. The summed E-state index contributed by atoms with van der Waals surface area (Å²) >= 11 is 1.39. The number of rotatable bonds is 3. The van der Waals surface area contributed by atoms with Gasteiger partial charge in [-0.15, -0.1) is 0 Å². The Morgan fingerprint density at radius 1 is 1.47 bits per heavy atom. The first-order chi connectivity index (χ1) is 7.02. The van der Waals surface area contributed by atoms with Crippen molar-refractivity contribution < 1.29 is 4.92 Å². The smallest absolute Gasteiger partial charge is 0.249 e. The summed E-state index contributed by atoms with van der Waals surface area (Å²) in [7, 11) is 0. The molecule has 0 fully saturated rings. The zero-order valence-corrected chi connectivity index (χ0v) is 9.80. The summed E-state index contributed by atoms with van der Waals surface area (Å²) in [5.41, 5.74) is 2.54. The molecule has 1 rings (SSSR count). The Balaban J connectivity index is 2.87. The number of nitro groups is 1. The third-order valence-corrected chi connectivity index (χ3v) is 3.35. The maximum absolute atomic E-state index is 10.4. The maximum Gasteiger partial charge on any atom is 0.249 e. The van der Waals surface area contributed by atoms with E-state index >= 15 is 0 Å². The van der Waals surface area contributed by atoms with Crippen molar-refractivity contribution >= 4 is 11.8 Å². The largest absolute Gasteiger partial charge is 0.259 e. The molecule has 0 aliphatic heterocycles. The van der Waals surface area contributed by atoms with Crippen LogP contribution in [0.1, 0.15) is 18.1 Å². The van der Waals surface area contributed by atoms with Gasteiger partial charge in [-0.3, -0.25) is 10.1 Å². The second-order valence-corrected chi connectivity index (χ2v) is 4.24. The summed E-state index contributed by atoms with van der Waals surface area (Å²) in [6, 6.07) is 5.96. The lowest BCUT2D eigenvalue weighted by Crippen LogP contribution is -1.92. The summed E-state index contributed by atoms with van der Waals surface area (Å²) < 4.78 is 0. The molecule has 0 aliphatic rings. The van der Waals surface area contributed by atoms with Gasteiger partial charge in [0.05, 0.1) is 4.92 Å². The SMILES string of the molecule is CC(=CSc1cccc(C)c1C)[N+](=O)[O-]. The second kappa shape index (κ2) is 4.98. The molecule has 80 valence electrons. The van der Waals surface area contributed by atoms with E-state index in [1.54, 1.807) is 5.41 Å². The van der Waals surface area contributed by atoms with E-state index in [0.717, 1.165) is 4.90 Å². The van der Waals surface area contributed by atoms with Gasteiger partial charge in [0.15, 0.2) is 0 Å². The lowest BCUT2D eigenvalue weighted by molar-refractivity contribution is -0.424. The molecule has 0 heterocycles. The highest BCUT2D eigenvalue weighted by molar-refractivity contribution is 8.02. The van der Waals surface area contributed by atoms with Crippen molar-refractivity contribution in [3.05, 3.63) is 50.5 Å². The highest BCUT2D eigenvalue weighted by atomic mass is 32.2. The molecular formula is C11H13NO2S. The molecule has 1 aromatic carbocycles. The van der Waals surface area contributed by atoms with Crippen LogP contribution >= 0.6 is 11.8 Å². The molecule has 0 bridgehead atoms. The van der Waals surface area contributed by atoms with Crippen LogP contribution in [0.4, 0.5) is 0 Å². The van der Waals surface area contributed by atoms with E-state index in [0.29, 0.717) is 0 Å².